The van der Waals surface area contributed by atoms with Gasteiger partial charge in [-0.15, -0.1) is 0 Å². The average Bonchev–Trinajstić information content (AvgIpc) is 2.57. The quantitative estimate of drug-likeness (QED) is 0.831. The number of carbonyl (C=O) groups is 1. The van der Waals surface area contributed by atoms with Crippen LogP contribution in [-0.4, -0.2) is 11.9 Å². The summed E-state index contributed by atoms with van der Waals surface area (Å²) in [4.78, 5) is 14.8. The zero-order valence-electron chi connectivity index (χ0n) is 15.8. The fourth-order valence-corrected chi connectivity index (χ4v) is 3.59. The van der Waals surface area contributed by atoms with Crippen molar-refractivity contribution in [2.24, 2.45) is 5.92 Å². The normalized spacial score (nSPS) is 19.7. The smallest absolute Gasteiger partial charge is 0.229 e. The van der Waals surface area contributed by atoms with Crippen LogP contribution in [0.5, 0.6) is 0 Å². The minimum atomic E-state index is -0.00166. The van der Waals surface area contributed by atoms with Gasteiger partial charge in [-0.2, -0.15) is 0 Å². The van der Waals surface area contributed by atoms with Gasteiger partial charge in [0.2, 0.25) is 5.91 Å². The van der Waals surface area contributed by atoms with E-state index < -0.39 is 0 Å². The van der Waals surface area contributed by atoms with E-state index in [4.69, 9.17) is 0 Å². The Morgan fingerprint density at radius 3 is 2.36 bits per heavy atom. The lowest BCUT2D eigenvalue weighted by Gasteiger charge is -2.41. The van der Waals surface area contributed by atoms with Gasteiger partial charge in [0.05, 0.1) is 6.04 Å². The molecule has 3 heteroatoms. The Labute approximate surface area is 151 Å². The van der Waals surface area contributed by atoms with E-state index in [0.29, 0.717) is 0 Å². The average molecular weight is 336 g/mol. The second-order valence-corrected chi connectivity index (χ2v) is 7.57. The Morgan fingerprint density at radius 2 is 1.72 bits per heavy atom. The summed E-state index contributed by atoms with van der Waals surface area (Å²) < 4.78 is 0. The van der Waals surface area contributed by atoms with E-state index >= 15 is 0 Å². The first-order valence-electron chi connectivity index (χ1n) is 9.13. The number of fused-ring (bicyclic) bond motifs is 1. The van der Waals surface area contributed by atoms with Gasteiger partial charge in [0, 0.05) is 23.3 Å². The second kappa shape index (κ2) is 6.91. The van der Waals surface area contributed by atoms with Gasteiger partial charge in [0.1, 0.15) is 0 Å². The minimum Gasteiger partial charge on any atom is -0.378 e. The summed E-state index contributed by atoms with van der Waals surface area (Å²) >= 11 is 0. The van der Waals surface area contributed by atoms with Gasteiger partial charge < -0.3 is 10.2 Å². The van der Waals surface area contributed by atoms with Crippen LogP contribution in [0, 0.1) is 19.8 Å². The maximum absolute atomic E-state index is 12.8. The van der Waals surface area contributed by atoms with Crippen molar-refractivity contribution in [1.82, 2.24) is 0 Å². The summed E-state index contributed by atoms with van der Waals surface area (Å²) in [5.41, 5.74) is 5.87. The van der Waals surface area contributed by atoms with Crippen LogP contribution in [-0.2, 0) is 4.79 Å². The van der Waals surface area contributed by atoms with Crippen molar-refractivity contribution in [2.75, 3.05) is 10.2 Å². The first-order chi connectivity index (χ1) is 11.9. The summed E-state index contributed by atoms with van der Waals surface area (Å²) in [5.74, 6) is 0.199. The van der Waals surface area contributed by atoms with Crippen molar-refractivity contribution in [3.8, 4) is 0 Å². The highest BCUT2D eigenvalue weighted by Crippen LogP contribution is 2.40. The van der Waals surface area contributed by atoms with Crippen LogP contribution in [0.1, 0.15) is 49.9 Å². The van der Waals surface area contributed by atoms with Gasteiger partial charge >= 0.3 is 0 Å². The highest BCUT2D eigenvalue weighted by atomic mass is 16.2. The fourth-order valence-electron chi connectivity index (χ4n) is 3.59. The van der Waals surface area contributed by atoms with Crippen molar-refractivity contribution < 1.29 is 4.79 Å². The Hall–Kier alpha value is -2.29. The van der Waals surface area contributed by atoms with Gasteiger partial charge in [-0.25, -0.2) is 0 Å². The van der Waals surface area contributed by atoms with Gasteiger partial charge in [-0.1, -0.05) is 49.2 Å². The lowest BCUT2D eigenvalue weighted by atomic mass is 9.89. The molecule has 25 heavy (non-hydrogen) atoms. The Balaban J connectivity index is 1.98. The molecule has 0 aromatic heterocycles. The number of hydrogen-bond donors (Lipinski definition) is 1. The molecule has 0 spiro atoms. The molecule has 0 unspecified atom stereocenters. The maximum Gasteiger partial charge on any atom is 0.229 e. The van der Waals surface area contributed by atoms with Crippen LogP contribution in [0.3, 0.4) is 0 Å². The maximum atomic E-state index is 12.8. The number of anilines is 2. The van der Waals surface area contributed by atoms with Crippen LogP contribution in [0.25, 0.3) is 0 Å². The third-order valence-electron chi connectivity index (χ3n) is 4.96. The molecule has 0 saturated heterocycles. The molecule has 3 nitrogen and oxygen atoms in total. The fraction of sp³-hybridized carbons (Fsp3) is 0.409. The molecule has 1 N–H and O–H groups in total. The van der Waals surface area contributed by atoms with Gasteiger partial charge in [-0.05, 0) is 51.0 Å². The Bertz CT molecular complexity index is 764. The summed E-state index contributed by atoms with van der Waals surface area (Å²) in [6.07, 6.45) is 0.906. The molecule has 1 aliphatic rings. The van der Waals surface area contributed by atoms with E-state index in [1.807, 2.05) is 18.7 Å². The minimum absolute atomic E-state index is 0.00166. The molecule has 1 amide bonds. The largest absolute Gasteiger partial charge is 0.378 e. The highest BCUT2D eigenvalue weighted by molar-refractivity contribution is 5.96. The molecule has 2 atom stereocenters. The van der Waals surface area contributed by atoms with Crippen LogP contribution < -0.4 is 10.2 Å². The first kappa shape index (κ1) is 17.5. The number of carbonyl (C=O) groups excluding carboxylic acids is 1. The highest BCUT2D eigenvalue weighted by Gasteiger charge is 2.34. The van der Waals surface area contributed by atoms with Gasteiger partial charge in [0.25, 0.3) is 0 Å². The molecular formula is C22H28N2O. The van der Waals surface area contributed by atoms with Crippen LogP contribution in [0.15, 0.2) is 42.5 Å². The Kier molecular flexibility index (Phi) is 4.85. The summed E-state index contributed by atoms with van der Waals surface area (Å²) in [7, 11) is 0. The summed E-state index contributed by atoms with van der Waals surface area (Å²) in [6.45, 7) is 10.3. The molecule has 0 saturated carbocycles. The third-order valence-corrected chi connectivity index (χ3v) is 4.96. The van der Waals surface area contributed by atoms with E-state index in [-0.39, 0.29) is 23.9 Å². The zero-order valence-corrected chi connectivity index (χ0v) is 15.8. The molecule has 0 fully saturated rings. The van der Waals surface area contributed by atoms with Crippen LogP contribution in [0.4, 0.5) is 11.4 Å². The molecule has 1 aliphatic heterocycles. The van der Waals surface area contributed by atoms with Crippen molar-refractivity contribution in [3.05, 3.63) is 59.2 Å². The first-order valence-corrected chi connectivity index (χ1v) is 9.13. The number of hydrogen-bond acceptors (Lipinski definition) is 2. The van der Waals surface area contributed by atoms with Crippen molar-refractivity contribution in [1.29, 1.82) is 0 Å². The van der Waals surface area contributed by atoms with E-state index in [1.165, 1.54) is 16.7 Å². The zero-order chi connectivity index (χ0) is 18.1. The van der Waals surface area contributed by atoms with Crippen molar-refractivity contribution in [3.63, 3.8) is 0 Å². The standard InChI is InChI=1S/C22H28N2O/c1-14(2)22(25)24-17(5)13-20(19-12-16(4)8-11-21(19)24)23-18-9-6-15(3)7-10-18/h6-12,14,17,20,23H,13H2,1-5H3/t17-,20-/m1/s1. The monoisotopic (exact) mass is 336 g/mol. The van der Waals surface area contributed by atoms with E-state index in [1.54, 1.807) is 0 Å². The summed E-state index contributed by atoms with van der Waals surface area (Å²) in [6, 6.07) is 15.3. The predicted molar refractivity (Wildman–Crippen MR) is 105 cm³/mol. The number of aryl methyl sites for hydroxylation is 2. The molecule has 3 rings (SSSR count). The number of benzene rings is 2. The molecule has 0 aliphatic carbocycles. The lowest BCUT2D eigenvalue weighted by molar-refractivity contribution is -0.122. The molecule has 1 heterocycles. The SMILES string of the molecule is Cc1ccc(N[C@@H]2C[C@@H](C)N(C(=O)C(C)C)c3ccc(C)cc32)cc1. The van der Waals surface area contributed by atoms with Crippen molar-refractivity contribution >= 4 is 17.3 Å². The molecular weight excluding hydrogens is 308 g/mol. The predicted octanol–water partition coefficient (Wildman–Crippen LogP) is 5.24. The lowest BCUT2D eigenvalue weighted by Crippen LogP contribution is -2.46. The number of amides is 1. The topological polar surface area (TPSA) is 32.3 Å². The van der Waals surface area contributed by atoms with Crippen molar-refractivity contribution in [2.45, 2.75) is 53.1 Å². The molecule has 0 bridgehead atoms. The molecule has 2 aromatic carbocycles. The Morgan fingerprint density at radius 1 is 1.08 bits per heavy atom. The molecule has 2 aromatic rings. The number of rotatable bonds is 3. The van der Waals surface area contributed by atoms with Crippen LogP contribution in [0.2, 0.25) is 0 Å². The van der Waals surface area contributed by atoms with E-state index in [2.05, 4.69) is 68.6 Å². The molecule has 132 valence electrons. The second-order valence-electron chi connectivity index (χ2n) is 7.57. The number of nitrogens with zero attached hydrogens (tertiary/aromatic N) is 1. The summed E-state index contributed by atoms with van der Waals surface area (Å²) in [5, 5.41) is 3.67. The third kappa shape index (κ3) is 3.55. The van der Waals surface area contributed by atoms with E-state index in [0.717, 1.165) is 17.8 Å². The van der Waals surface area contributed by atoms with Crippen LogP contribution >= 0.6 is 0 Å². The van der Waals surface area contributed by atoms with E-state index in [9.17, 15) is 4.79 Å². The molecule has 0 radical (unpaired) electrons. The van der Waals surface area contributed by atoms with Gasteiger partial charge in [-0.3, -0.25) is 4.79 Å². The van der Waals surface area contributed by atoms with Gasteiger partial charge in [0.15, 0.2) is 0 Å². The number of nitrogens with one attached hydrogen (secondary N) is 1.